The van der Waals surface area contributed by atoms with E-state index in [9.17, 15) is 9.90 Å². The molecular weight excluding hydrogens is 108 g/mol. The molecule has 8 heavy (non-hydrogen) atoms. The highest BCUT2D eigenvalue weighted by Crippen LogP contribution is 2.00. The van der Waals surface area contributed by atoms with Gasteiger partial charge in [0.1, 0.15) is 6.10 Å². The molecule has 0 spiro atoms. The van der Waals surface area contributed by atoms with Crippen molar-refractivity contribution in [1.82, 2.24) is 0 Å². The molecule has 0 amide bonds. The summed E-state index contributed by atoms with van der Waals surface area (Å²) in [6.45, 7) is 2.75. The van der Waals surface area contributed by atoms with Crippen LogP contribution >= 0.6 is 0 Å². The van der Waals surface area contributed by atoms with Crippen LogP contribution in [-0.2, 0) is 9.90 Å². The average molecular weight is 117 g/mol. The Labute approximate surface area is 47.9 Å². The van der Waals surface area contributed by atoms with Crippen LogP contribution in [0.15, 0.2) is 0 Å². The fourth-order valence-electron chi connectivity index (χ4n) is 0.201. The van der Waals surface area contributed by atoms with E-state index in [1.807, 2.05) is 0 Å². The van der Waals surface area contributed by atoms with Crippen molar-refractivity contribution in [2.75, 3.05) is 0 Å². The van der Waals surface area contributed by atoms with Crippen LogP contribution in [-0.4, -0.2) is 17.2 Å². The Kier molecular flexibility index (Phi) is 2.48. The number of hydrogen-bond donors (Lipinski definition) is 1. The molecule has 0 aromatic carbocycles. The fraction of sp³-hybridized carbons (Fsp3) is 0.800. The van der Waals surface area contributed by atoms with Gasteiger partial charge in [0.05, 0.1) is 5.92 Å². The fourth-order valence-corrected chi connectivity index (χ4v) is 0.201. The van der Waals surface area contributed by atoms with Crippen molar-refractivity contribution in [3.05, 3.63) is 0 Å². The second kappa shape index (κ2) is 2.67. The minimum atomic E-state index is -1.02. The highest BCUT2D eigenvalue weighted by Gasteiger charge is 2.17. The van der Waals surface area contributed by atoms with Gasteiger partial charge in [-0.15, -0.1) is 0 Å². The summed E-state index contributed by atoms with van der Waals surface area (Å²) in [5.41, 5.74) is 0. The van der Waals surface area contributed by atoms with Gasteiger partial charge in [0, 0.05) is 0 Å². The predicted octanol–water partition coefficient (Wildman–Crippen LogP) is 0.526. The molecule has 0 rings (SSSR count). The van der Waals surface area contributed by atoms with Gasteiger partial charge in [-0.1, -0.05) is 0 Å². The van der Waals surface area contributed by atoms with Gasteiger partial charge in [0.15, 0.2) is 0 Å². The SMILES string of the molecule is CC([O])C(C)C(=O)O. The Morgan fingerprint density at radius 3 is 1.88 bits per heavy atom. The van der Waals surface area contributed by atoms with Gasteiger partial charge in [0.25, 0.3) is 0 Å². The zero-order chi connectivity index (χ0) is 6.73. The Morgan fingerprint density at radius 1 is 1.50 bits per heavy atom. The normalized spacial score (nSPS) is 17.4. The van der Waals surface area contributed by atoms with E-state index in [4.69, 9.17) is 5.11 Å². The van der Waals surface area contributed by atoms with Crippen molar-refractivity contribution in [2.24, 2.45) is 5.92 Å². The number of carbonyl (C=O) groups is 1. The topological polar surface area (TPSA) is 57.2 Å². The maximum atomic E-state index is 10.3. The second-order valence-corrected chi connectivity index (χ2v) is 1.83. The van der Waals surface area contributed by atoms with E-state index in [2.05, 4.69) is 0 Å². The first kappa shape index (κ1) is 7.43. The van der Waals surface area contributed by atoms with Gasteiger partial charge in [0.2, 0.25) is 0 Å². The smallest absolute Gasteiger partial charge is 0.308 e. The summed E-state index contributed by atoms with van der Waals surface area (Å²) >= 11 is 0. The Hall–Kier alpha value is -0.570. The minimum Gasteiger partial charge on any atom is -0.481 e. The van der Waals surface area contributed by atoms with E-state index in [-0.39, 0.29) is 0 Å². The number of carboxylic acids is 1. The first-order valence-electron chi connectivity index (χ1n) is 2.44. The van der Waals surface area contributed by atoms with E-state index in [0.717, 1.165) is 0 Å². The number of aliphatic carboxylic acids is 1. The maximum Gasteiger partial charge on any atom is 0.308 e. The van der Waals surface area contributed by atoms with Gasteiger partial charge >= 0.3 is 5.97 Å². The Morgan fingerprint density at radius 2 is 1.88 bits per heavy atom. The molecule has 0 bridgehead atoms. The third-order valence-corrected chi connectivity index (χ3v) is 1.09. The Balaban J connectivity index is 3.64. The second-order valence-electron chi connectivity index (χ2n) is 1.83. The highest BCUT2D eigenvalue weighted by molar-refractivity contribution is 5.70. The zero-order valence-electron chi connectivity index (χ0n) is 4.92. The van der Waals surface area contributed by atoms with Gasteiger partial charge in [-0.2, -0.15) is 0 Å². The molecule has 0 aliphatic heterocycles. The molecule has 0 saturated carbocycles. The van der Waals surface area contributed by atoms with Gasteiger partial charge in [-0.05, 0) is 13.8 Å². The number of rotatable bonds is 2. The summed E-state index contributed by atoms with van der Waals surface area (Å²) in [5.74, 6) is -1.79. The molecule has 0 fully saturated rings. The van der Waals surface area contributed by atoms with Crippen LogP contribution < -0.4 is 0 Å². The van der Waals surface area contributed by atoms with Crippen molar-refractivity contribution in [3.8, 4) is 0 Å². The van der Waals surface area contributed by atoms with Gasteiger partial charge in [-0.3, -0.25) is 4.79 Å². The number of hydrogen-bond acceptors (Lipinski definition) is 1. The molecule has 0 aromatic rings. The van der Waals surface area contributed by atoms with Crippen LogP contribution in [0.3, 0.4) is 0 Å². The summed E-state index contributed by atoms with van der Waals surface area (Å²) in [5, 5.41) is 18.4. The molecule has 0 aromatic heterocycles. The molecule has 47 valence electrons. The summed E-state index contributed by atoms with van der Waals surface area (Å²) < 4.78 is 0. The van der Waals surface area contributed by atoms with Crippen molar-refractivity contribution in [3.63, 3.8) is 0 Å². The summed E-state index contributed by atoms with van der Waals surface area (Å²) in [6.07, 6.45) is -1.01. The van der Waals surface area contributed by atoms with Crippen LogP contribution in [0.25, 0.3) is 0 Å². The summed E-state index contributed by atoms with van der Waals surface area (Å²) in [4.78, 5) is 9.94. The lowest BCUT2D eigenvalue weighted by Crippen LogP contribution is -2.20. The van der Waals surface area contributed by atoms with Crippen LogP contribution in [0.5, 0.6) is 0 Å². The molecule has 0 aliphatic carbocycles. The Bertz CT molecular complexity index is 87.7. The summed E-state index contributed by atoms with van der Waals surface area (Å²) in [7, 11) is 0. The number of carboxylic acid groups (broad SMARTS) is 1. The lowest BCUT2D eigenvalue weighted by atomic mass is 10.1. The molecule has 2 unspecified atom stereocenters. The molecule has 0 saturated heterocycles. The lowest BCUT2D eigenvalue weighted by molar-refractivity contribution is -0.145. The lowest BCUT2D eigenvalue weighted by Gasteiger charge is -2.04. The molecule has 1 radical (unpaired) electrons. The van der Waals surface area contributed by atoms with Crippen molar-refractivity contribution in [1.29, 1.82) is 0 Å². The van der Waals surface area contributed by atoms with Gasteiger partial charge in [-0.25, -0.2) is 5.11 Å². The molecule has 3 heteroatoms. The van der Waals surface area contributed by atoms with E-state index in [1.54, 1.807) is 0 Å². The quantitative estimate of drug-likeness (QED) is 0.573. The van der Waals surface area contributed by atoms with Crippen LogP contribution in [0, 0.1) is 5.92 Å². The summed E-state index contributed by atoms with van der Waals surface area (Å²) in [6, 6.07) is 0. The molecule has 0 heterocycles. The first-order valence-corrected chi connectivity index (χ1v) is 2.44. The molecule has 0 aliphatic rings. The van der Waals surface area contributed by atoms with Crippen molar-refractivity contribution >= 4 is 5.97 Å². The van der Waals surface area contributed by atoms with Gasteiger partial charge < -0.3 is 5.11 Å². The third kappa shape index (κ3) is 1.93. The van der Waals surface area contributed by atoms with E-state index < -0.39 is 18.0 Å². The third-order valence-electron chi connectivity index (χ3n) is 1.09. The van der Waals surface area contributed by atoms with Crippen molar-refractivity contribution in [2.45, 2.75) is 20.0 Å². The first-order chi connectivity index (χ1) is 3.55. The molecular formula is C5H9O3. The largest absolute Gasteiger partial charge is 0.481 e. The monoisotopic (exact) mass is 117 g/mol. The average Bonchev–Trinajstić information content (AvgIpc) is 1.64. The maximum absolute atomic E-state index is 10.3. The zero-order valence-corrected chi connectivity index (χ0v) is 4.92. The van der Waals surface area contributed by atoms with Crippen molar-refractivity contribution < 1.29 is 15.0 Å². The van der Waals surface area contributed by atoms with E-state index in [0.29, 0.717) is 0 Å². The van der Waals surface area contributed by atoms with E-state index >= 15 is 0 Å². The molecule has 2 atom stereocenters. The highest BCUT2D eigenvalue weighted by atomic mass is 16.4. The van der Waals surface area contributed by atoms with E-state index in [1.165, 1.54) is 13.8 Å². The standard InChI is InChI=1S/C5H9O3/c1-3(4(2)6)5(7)8/h3-4H,1-2H3,(H,7,8). The van der Waals surface area contributed by atoms with Crippen LogP contribution in [0.2, 0.25) is 0 Å². The van der Waals surface area contributed by atoms with Crippen LogP contribution in [0.1, 0.15) is 13.8 Å². The molecule has 1 N–H and O–H groups in total. The minimum absolute atomic E-state index is 0.769. The van der Waals surface area contributed by atoms with Crippen LogP contribution in [0.4, 0.5) is 0 Å². The molecule has 3 nitrogen and oxygen atoms in total. The predicted molar refractivity (Wildman–Crippen MR) is 26.9 cm³/mol.